The lowest BCUT2D eigenvalue weighted by Crippen LogP contribution is -2.19. The summed E-state index contributed by atoms with van der Waals surface area (Å²) in [7, 11) is 0. The molecule has 2 aromatic heterocycles. The summed E-state index contributed by atoms with van der Waals surface area (Å²) in [4.78, 5) is 29.9. The maximum absolute atomic E-state index is 12.2. The molecule has 2 N–H and O–H groups in total. The van der Waals surface area contributed by atoms with E-state index in [2.05, 4.69) is 15.6 Å². The van der Waals surface area contributed by atoms with Crippen molar-refractivity contribution in [3.05, 3.63) is 94.0 Å². The summed E-state index contributed by atoms with van der Waals surface area (Å²) in [5.74, 6) is 0.585. The van der Waals surface area contributed by atoms with Crippen LogP contribution < -0.4 is 20.9 Å². The van der Waals surface area contributed by atoms with Crippen molar-refractivity contribution in [2.75, 3.05) is 16.9 Å². The number of pyridine rings is 1. The van der Waals surface area contributed by atoms with Crippen molar-refractivity contribution in [2.24, 2.45) is 0 Å². The van der Waals surface area contributed by atoms with E-state index in [-0.39, 0.29) is 18.2 Å². The molecule has 0 aliphatic rings. The minimum absolute atomic E-state index is 0.132. The SMILES string of the molecule is CSc1cccc(NC(=O)Nc2ccc(OCc3cc(=O)n4cc(Cl)ccc4n3)cc2)c1. The third-order valence-corrected chi connectivity index (χ3v) is 5.45. The summed E-state index contributed by atoms with van der Waals surface area (Å²) in [5.41, 5.74) is 2.11. The van der Waals surface area contributed by atoms with E-state index in [9.17, 15) is 9.59 Å². The van der Waals surface area contributed by atoms with Crippen molar-refractivity contribution in [1.29, 1.82) is 0 Å². The van der Waals surface area contributed by atoms with E-state index in [0.29, 0.717) is 27.8 Å². The van der Waals surface area contributed by atoms with Gasteiger partial charge in [-0.25, -0.2) is 9.78 Å². The second-order valence-electron chi connectivity index (χ2n) is 6.79. The van der Waals surface area contributed by atoms with Gasteiger partial charge in [-0.3, -0.25) is 9.20 Å². The minimum Gasteiger partial charge on any atom is -0.487 e. The van der Waals surface area contributed by atoms with E-state index in [0.717, 1.165) is 10.6 Å². The van der Waals surface area contributed by atoms with Crippen LogP contribution in [-0.2, 0) is 6.61 Å². The zero-order chi connectivity index (χ0) is 22.5. The van der Waals surface area contributed by atoms with Gasteiger partial charge in [0.25, 0.3) is 5.56 Å². The van der Waals surface area contributed by atoms with Crippen molar-refractivity contribution in [3.8, 4) is 5.75 Å². The molecule has 7 nitrogen and oxygen atoms in total. The molecule has 0 bridgehead atoms. The first-order chi connectivity index (χ1) is 15.5. The lowest BCUT2D eigenvalue weighted by Gasteiger charge is -2.10. The van der Waals surface area contributed by atoms with Crippen LogP contribution in [0.1, 0.15) is 5.69 Å². The number of anilines is 2. The quantitative estimate of drug-likeness (QED) is 0.377. The number of hydrogen-bond acceptors (Lipinski definition) is 5. The first-order valence-electron chi connectivity index (χ1n) is 9.63. The Morgan fingerprint density at radius 2 is 1.84 bits per heavy atom. The fraction of sp³-hybridized carbons (Fsp3) is 0.0870. The van der Waals surface area contributed by atoms with E-state index in [1.54, 1.807) is 48.2 Å². The maximum atomic E-state index is 12.2. The predicted octanol–water partition coefficient (Wildman–Crippen LogP) is 5.29. The second kappa shape index (κ2) is 9.76. The van der Waals surface area contributed by atoms with Crippen molar-refractivity contribution in [1.82, 2.24) is 9.38 Å². The van der Waals surface area contributed by atoms with Crippen LogP contribution in [0.15, 0.2) is 82.6 Å². The smallest absolute Gasteiger partial charge is 0.323 e. The third-order valence-electron chi connectivity index (χ3n) is 4.50. The van der Waals surface area contributed by atoms with Gasteiger partial charge in [-0.05, 0) is 60.9 Å². The first-order valence-corrected chi connectivity index (χ1v) is 11.2. The van der Waals surface area contributed by atoms with E-state index in [1.807, 2.05) is 30.5 Å². The van der Waals surface area contributed by atoms with Crippen LogP contribution in [0.5, 0.6) is 5.75 Å². The van der Waals surface area contributed by atoms with Crippen molar-refractivity contribution in [2.45, 2.75) is 11.5 Å². The molecule has 0 aliphatic carbocycles. The Balaban J connectivity index is 1.35. The van der Waals surface area contributed by atoms with Gasteiger partial charge < -0.3 is 15.4 Å². The number of urea groups is 1. The van der Waals surface area contributed by atoms with Gasteiger partial charge in [0, 0.05) is 28.5 Å². The summed E-state index contributed by atoms with van der Waals surface area (Å²) in [6.07, 6.45) is 3.51. The highest BCUT2D eigenvalue weighted by Crippen LogP contribution is 2.20. The highest BCUT2D eigenvalue weighted by atomic mass is 35.5. The van der Waals surface area contributed by atoms with E-state index in [1.165, 1.54) is 16.7 Å². The summed E-state index contributed by atoms with van der Waals surface area (Å²) < 4.78 is 7.12. The summed E-state index contributed by atoms with van der Waals surface area (Å²) in [5, 5.41) is 6.05. The van der Waals surface area contributed by atoms with Gasteiger partial charge in [-0.2, -0.15) is 0 Å². The Hall–Kier alpha value is -3.49. The van der Waals surface area contributed by atoms with E-state index < -0.39 is 0 Å². The highest BCUT2D eigenvalue weighted by Gasteiger charge is 2.06. The monoisotopic (exact) mass is 466 g/mol. The number of nitrogens with one attached hydrogen (secondary N) is 2. The minimum atomic E-state index is -0.335. The number of benzene rings is 2. The van der Waals surface area contributed by atoms with Crippen LogP contribution in [0, 0.1) is 0 Å². The van der Waals surface area contributed by atoms with E-state index in [4.69, 9.17) is 16.3 Å². The number of halogens is 1. The number of thioether (sulfide) groups is 1. The lowest BCUT2D eigenvalue weighted by molar-refractivity contribution is 0.262. The predicted molar refractivity (Wildman–Crippen MR) is 128 cm³/mol. The molecule has 2 aromatic carbocycles. The number of hydrogen-bond donors (Lipinski definition) is 2. The maximum Gasteiger partial charge on any atom is 0.323 e. The molecule has 0 fully saturated rings. The highest BCUT2D eigenvalue weighted by molar-refractivity contribution is 7.98. The van der Waals surface area contributed by atoms with Gasteiger partial charge in [-0.1, -0.05) is 17.7 Å². The largest absolute Gasteiger partial charge is 0.487 e. The molecule has 2 amide bonds. The molecule has 2 heterocycles. The molecule has 4 rings (SSSR count). The second-order valence-corrected chi connectivity index (χ2v) is 8.10. The van der Waals surface area contributed by atoms with Crippen molar-refractivity contribution >= 4 is 46.4 Å². The molecule has 0 atom stereocenters. The molecule has 0 spiro atoms. The van der Waals surface area contributed by atoms with Gasteiger partial charge in [0.15, 0.2) is 0 Å². The zero-order valence-corrected chi connectivity index (χ0v) is 18.6. The van der Waals surface area contributed by atoms with Crippen LogP contribution >= 0.6 is 23.4 Å². The number of amides is 2. The van der Waals surface area contributed by atoms with Crippen LogP contribution in [0.3, 0.4) is 0 Å². The van der Waals surface area contributed by atoms with Gasteiger partial charge in [0.05, 0.1) is 10.7 Å². The Morgan fingerprint density at radius 3 is 2.62 bits per heavy atom. The van der Waals surface area contributed by atoms with Crippen molar-refractivity contribution < 1.29 is 9.53 Å². The lowest BCUT2D eigenvalue weighted by atomic mass is 10.3. The van der Waals surface area contributed by atoms with E-state index >= 15 is 0 Å². The zero-order valence-electron chi connectivity index (χ0n) is 17.0. The molecule has 0 saturated carbocycles. The number of carbonyl (C=O) groups excluding carboxylic acids is 1. The average Bonchev–Trinajstić information content (AvgIpc) is 2.79. The molecule has 162 valence electrons. The standard InChI is InChI=1S/C23H19ClN4O3S/c1-32-20-4-2-3-17(11-20)27-23(30)26-16-6-8-19(9-7-16)31-14-18-12-22(29)28-13-15(24)5-10-21(28)25-18/h2-13H,14H2,1H3,(H2,26,27,30). The fourth-order valence-electron chi connectivity index (χ4n) is 2.99. The number of fused-ring (bicyclic) bond motifs is 1. The van der Waals surface area contributed by atoms with Gasteiger partial charge >= 0.3 is 6.03 Å². The molecular weight excluding hydrogens is 448 g/mol. The Kier molecular flexibility index (Phi) is 6.63. The normalized spacial score (nSPS) is 10.7. The molecule has 0 unspecified atom stereocenters. The molecule has 9 heteroatoms. The Bertz CT molecular complexity index is 1330. The third kappa shape index (κ3) is 5.40. The summed E-state index contributed by atoms with van der Waals surface area (Å²) in [6, 6.07) is 19.0. The van der Waals surface area contributed by atoms with Crippen molar-refractivity contribution in [3.63, 3.8) is 0 Å². The Morgan fingerprint density at radius 1 is 1.06 bits per heavy atom. The van der Waals surface area contributed by atoms with Gasteiger partial charge in [-0.15, -0.1) is 11.8 Å². The average molecular weight is 467 g/mol. The summed E-state index contributed by atoms with van der Waals surface area (Å²) >= 11 is 7.53. The van der Waals surface area contributed by atoms with Crippen LogP contribution in [0.2, 0.25) is 5.02 Å². The fourth-order valence-corrected chi connectivity index (χ4v) is 3.61. The van der Waals surface area contributed by atoms with Gasteiger partial charge in [0.1, 0.15) is 18.0 Å². The first kappa shape index (κ1) is 21.7. The van der Waals surface area contributed by atoms with Crippen LogP contribution in [0.4, 0.5) is 16.2 Å². The molecule has 0 radical (unpaired) electrons. The molecular formula is C23H19ClN4O3S. The number of nitrogens with zero attached hydrogens (tertiary/aromatic N) is 2. The number of ether oxygens (including phenoxy) is 1. The Labute approximate surface area is 193 Å². The van der Waals surface area contributed by atoms with Crippen LogP contribution in [-0.4, -0.2) is 21.7 Å². The molecule has 4 aromatic rings. The molecule has 32 heavy (non-hydrogen) atoms. The molecule has 0 saturated heterocycles. The van der Waals surface area contributed by atoms with Gasteiger partial charge in [0.2, 0.25) is 0 Å². The van der Waals surface area contributed by atoms with Crippen LogP contribution in [0.25, 0.3) is 5.65 Å². The topological polar surface area (TPSA) is 84.7 Å². The molecule has 0 aliphatic heterocycles. The number of aromatic nitrogens is 2. The number of carbonyl (C=O) groups is 1. The summed E-state index contributed by atoms with van der Waals surface area (Å²) in [6.45, 7) is 0.132. The number of rotatable bonds is 6.